The molecule has 1 saturated heterocycles. The highest BCUT2D eigenvalue weighted by atomic mass is 16.6. The fourth-order valence-corrected chi connectivity index (χ4v) is 13.1. The first-order valence-corrected chi connectivity index (χ1v) is 17.3. The first-order chi connectivity index (χ1) is 20.5. The third-order valence-corrected chi connectivity index (χ3v) is 15.6. The molecule has 1 heterocycles. The number of rotatable bonds is 3. The van der Waals surface area contributed by atoms with Crippen LogP contribution in [0, 0.1) is 56.2 Å². The number of hydrogen-bond donors (Lipinski definition) is 1. The van der Waals surface area contributed by atoms with E-state index in [2.05, 4.69) is 48.5 Å². The topological polar surface area (TPSA) is 89.9 Å². The zero-order valence-electron chi connectivity index (χ0n) is 27.8. The first-order valence-electron chi connectivity index (χ1n) is 17.3. The van der Waals surface area contributed by atoms with Gasteiger partial charge in [-0.15, -0.1) is 0 Å². The molecule has 0 radical (unpaired) electrons. The van der Waals surface area contributed by atoms with Gasteiger partial charge in [0.25, 0.3) is 0 Å². The van der Waals surface area contributed by atoms with Gasteiger partial charge in [-0.1, -0.05) is 60.6 Å². The Bertz CT molecular complexity index is 1410. The molecule has 5 saturated carbocycles. The Kier molecular flexibility index (Phi) is 6.43. The second-order valence-corrected chi connectivity index (χ2v) is 17.8. The van der Waals surface area contributed by atoms with Crippen LogP contribution in [0.15, 0.2) is 24.3 Å². The molecule has 1 aliphatic heterocycles. The van der Waals surface area contributed by atoms with E-state index in [0.29, 0.717) is 23.7 Å². The van der Waals surface area contributed by atoms with E-state index in [0.717, 1.165) is 51.4 Å². The largest absolute Gasteiger partial charge is 0.478 e. The molecule has 6 heteroatoms. The molecule has 6 aliphatic rings. The Morgan fingerprint density at radius 3 is 2.18 bits per heavy atom. The molecule has 240 valence electrons. The molecular formula is C38H52O6. The molecule has 44 heavy (non-hydrogen) atoms. The number of ether oxygens (including phenoxy) is 2. The number of esters is 2. The number of hydrogen-bond acceptors (Lipinski definition) is 5. The fourth-order valence-electron chi connectivity index (χ4n) is 13.1. The van der Waals surface area contributed by atoms with Crippen molar-refractivity contribution in [2.75, 3.05) is 0 Å². The molecule has 6 nitrogen and oxygen atoms in total. The Morgan fingerprint density at radius 2 is 1.48 bits per heavy atom. The monoisotopic (exact) mass is 604 g/mol. The summed E-state index contributed by atoms with van der Waals surface area (Å²) in [6.45, 7) is 16.9. The second kappa shape index (κ2) is 9.35. The van der Waals surface area contributed by atoms with Crippen molar-refractivity contribution in [3.63, 3.8) is 0 Å². The van der Waals surface area contributed by atoms with E-state index < -0.39 is 11.9 Å². The van der Waals surface area contributed by atoms with E-state index in [4.69, 9.17) is 9.47 Å². The summed E-state index contributed by atoms with van der Waals surface area (Å²) in [4.78, 5) is 38.7. The third kappa shape index (κ3) is 3.69. The quantitative estimate of drug-likeness (QED) is 0.349. The molecule has 1 aromatic carbocycles. The lowest BCUT2D eigenvalue weighted by Crippen LogP contribution is -2.68. The molecule has 10 atom stereocenters. The Balaban J connectivity index is 1.17. The molecule has 6 fully saturated rings. The number of carboxylic acid groups (broad SMARTS) is 1. The summed E-state index contributed by atoms with van der Waals surface area (Å²) in [7, 11) is 0. The average molecular weight is 605 g/mol. The Morgan fingerprint density at radius 1 is 0.795 bits per heavy atom. The summed E-state index contributed by atoms with van der Waals surface area (Å²) in [5.74, 6) is 0.269. The van der Waals surface area contributed by atoms with Gasteiger partial charge in [0.15, 0.2) is 0 Å². The van der Waals surface area contributed by atoms with Gasteiger partial charge >= 0.3 is 17.9 Å². The van der Waals surface area contributed by atoms with E-state index in [1.54, 1.807) is 18.2 Å². The summed E-state index contributed by atoms with van der Waals surface area (Å²) >= 11 is 0. The van der Waals surface area contributed by atoms with Gasteiger partial charge in [-0.2, -0.15) is 0 Å². The third-order valence-electron chi connectivity index (χ3n) is 15.6. The van der Waals surface area contributed by atoms with Gasteiger partial charge in [-0.25, -0.2) is 9.59 Å². The predicted molar refractivity (Wildman–Crippen MR) is 167 cm³/mol. The maximum atomic E-state index is 13.5. The minimum Gasteiger partial charge on any atom is -0.478 e. The highest BCUT2D eigenvalue weighted by Gasteiger charge is 2.75. The van der Waals surface area contributed by atoms with Crippen LogP contribution in [-0.2, 0) is 14.3 Å². The van der Waals surface area contributed by atoms with Crippen molar-refractivity contribution in [1.29, 1.82) is 0 Å². The lowest BCUT2D eigenvalue weighted by Gasteiger charge is -2.73. The standard InChI is InChI=1S/C38H52O6/c1-33(2)18-20-38-21-19-36(6)24(28(38)29(33)44-32(38)42)12-13-26-35(5)16-15-27(34(3,4)25(35)14-17-37(26,36)7)43-31(41)23-11-9-8-10-22(23)30(39)40/h8-11,24-29H,12-21H2,1-7H3,(H,39,40)/t24-,25+,26+,27+,28+,29+,35+,36-,37-,38+/m1/s1. The molecular weight excluding hydrogens is 552 g/mol. The van der Waals surface area contributed by atoms with Gasteiger partial charge in [0.1, 0.15) is 12.2 Å². The average Bonchev–Trinajstić information content (AvgIpc) is 3.22. The normalized spacial score (nSPS) is 46.4. The maximum Gasteiger partial charge on any atom is 0.339 e. The van der Waals surface area contributed by atoms with Crippen LogP contribution < -0.4 is 0 Å². The van der Waals surface area contributed by atoms with Gasteiger partial charge in [0.2, 0.25) is 0 Å². The molecule has 0 spiro atoms. The highest BCUT2D eigenvalue weighted by molar-refractivity contribution is 6.02. The predicted octanol–water partition coefficient (Wildman–Crippen LogP) is 8.33. The van der Waals surface area contributed by atoms with Crippen LogP contribution >= 0.6 is 0 Å². The van der Waals surface area contributed by atoms with Crippen molar-refractivity contribution in [2.24, 2.45) is 56.2 Å². The lowest BCUT2D eigenvalue weighted by atomic mass is 9.31. The summed E-state index contributed by atoms with van der Waals surface area (Å²) in [5.41, 5.74) is 0.109. The smallest absolute Gasteiger partial charge is 0.339 e. The van der Waals surface area contributed by atoms with Crippen molar-refractivity contribution in [2.45, 2.75) is 125 Å². The van der Waals surface area contributed by atoms with Crippen molar-refractivity contribution in [3.05, 3.63) is 35.4 Å². The molecule has 1 N–H and O–H groups in total. The van der Waals surface area contributed by atoms with Crippen LogP contribution in [0.5, 0.6) is 0 Å². The van der Waals surface area contributed by atoms with E-state index in [9.17, 15) is 19.5 Å². The van der Waals surface area contributed by atoms with Gasteiger partial charge in [-0.3, -0.25) is 4.79 Å². The molecule has 5 aliphatic carbocycles. The fraction of sp³-hybridized carbons (Fsp3) is 0.763. The number of aromatic carboxylic acids is 1. The highest BCUT2D eigenvalue weighted by Crippen LogP contribution is 2.78. The van der Waals surface area contributed by atoms with Gasteiger partial charge < -0.3 is 14.6 Å². The number of carboxylic acids is 1. The summed E-state index contributed by atoms with van der Waals surface area (Å²) < 4.78 is 12.5. The minimum atomic E-state index is -1.11. The summed E-state index contributed by atoms with van der Waals surface area (Å²) in [5, 5.41) is 9.65. The van der Waals surface area contributed by atoms with E-state index in [-0.39, 0.29) is 61.8 Å². The van der Waals surface area contributed by atoms with E-state index in [1.165, 1.54) is 18.9 Å². The number of carbonyl (C=O) groups is 3. The number of benzene rings is 1. The lowest BCUT2D eigenvalue weighted by molar-refractivity contribution is -0.252. The molecule has 1 aromatic rings. The van der Waals surface area contributed by atoms with Gasteiger partial charge in [-0.05, 0) is 110 Å². The Labute approximate surface area is 263 Å². The zero-order chi connectivity index (χ0) is 31.7. The van der Waals surface area contributed by atoms with Gasteiger partial charge in [0.05, 0.1) is 16.5 Å². The Hall–Kier alpha value is -2.37. The van der Waals surface area contributed by atoms with Gasteiger partial charge in [0, 0.05) is 16.7 Å². The maximum absolute atomic E-state index is 13.5. The van der Waals surface area contributed by atoms with Crippen LogP contribution in [0.3, 0.4) is 0 Å². The van der Waals surface area contributed by atoms with E-state index >= 15 is 0 Å². The second-order valence-electron chi connectivity index (χ2n) is 17.8. The molecule has 2 bridgehead atoms. The molecule has 0 unspecified atom stereocenters. The van der Waals surface area contributed by atoms with Crippen molar-refractivity contribution in [1.82, 2.24) is 0 Å². The molecule has 0 amide bonds. The summed E-state index contributed by atoms with van der Waals surface area (Å²) in [6.07, 6.45) is 10.3. The van der Waals surface area contributed by atoms with Crippen LogP contribution in [0.2, 0.25) is 0 Å². The molecule has 0 aromatic heterocycles. The summed E-state index contributed by atoms with van der Waals surface area (Å²) in [6, 6.07) is 6.36. The minimum absolute atomic E-state index is 0.00876. The van der Waals surface area contributed by atoms with Crippen LogP contribution in [0.25, 0.3) is 0 Å². The van der Waals surface area contributed by atoms with E-state index in [1.807, 2.05) is 0 Å². The van der Waals surface area contributed by atoms with Crippen LogP contribution in [0.4, 0.5) is 0 Å². The first kappa shape index (κ1) is 30.3. The van der Waals surface area contributed by atoms with Crippen LogP contribution in [0.1, 0.15) is 133 Å². The zero-order valence-corrected chi connectivity index (χ0v) is 27.8. The van der Waals surface area contributed by atoms with Crippen molar-refractivity contribution >= 4 is 17.9 Å². The van der Waals surface area contributed by atoms with Crippen molar-refractivity contribution in [3.8, 4) is 0 Å². The van der Waals surface area contributed by atoms with Crippen molar-refractivity contribution < 1.29 is 29.0 Å². The number of fused-ring (bicyclic) bond motifs is 5. The SMILES string of the molecule is CC1(C)CC[C@]23CC[C@]4(C)[C@H](CC[C@H]5[C@@]6(C)CC[C@H](OC(=O)c7ccccc7C(=O)O)C(C)(C)[C@@H]6CC[C@]54C)[C@H]2[C@@H]1OC3=O. The van der Waals surface area contributed by atoms with Crippen LogP contribution in [-0.4, -0.2) is 35.2 Å². The molecule has 7 rings (SSSR count). The number of carbonyl (C=O) groups excluding carboxylic acids is 2.